The smallest absolute Gasteiger partial charge is 0.0526 e. The Bertz CT molecular complexity index is 976. The van der Waals surface area contributed by atoms with E-state index >= 15 is 0 Å². The van der Waals surface area contributed by atoms with Crippen molar-refractivity contribution < 1.29 is 0 Å². The van der Waals surface area contributed by atoms with Gasteiger partial charge in [-0.2, -0.15) is 0 Å². The zero-order valence-electron chi connectivity index (χ0n) is 14.9. The molecule has 2 aliphatic heterocycles. The molecular weight excluding hydrogens is 384 g/mol. The fourth-order valence-corrected chi connectivity index (χ4v) is 5.26. The third-order valence-corrected chi connectivity index (χ3v) is 7.15. The SMILES string of the molecule is Cc1ccc2c(c1Br)NC1C(Cc3cccc4ccccc34)NCCC21. The Kier molecular flexibility index (Phi) is 4.02. The van der Waals surface area contributed by atoms with Crippen LogP contribution < -0.4 is 10.6 Å². The van der Waals surface area contributed by atoms with Crippen molar-refractivity contribution in [1.29, 1.82) is 0 Å². The molecular formula is C23H23BrN2. The van der Waals surface area contributed by atoms with Crippen molar-refractivity contribution >= 4 is 32.4 Å². The average Bonchev–Trinajstić information content (AvgIpc) is 3.06. The van der Waals surface area contributed by atoms with Crippen LogP contribution in [0.1, 0.15) is 29.0 Å². The Balaban J connectivity index is 1.48. The van der Waals surface area contributed by atoms with E-state index in [0.717, 1.165) is 13.0 Å². The predicted octanol–water partition coefficient (Wildman–Crippen LogP) is 5.39. The summed E-state index contributed by atoms with van der Waals surface area (Å²) in [7, 11) is 0. The Hall–Kier alpha value is -1.84. The topological polar surface area (TPSA) is 24.1 Å². The molecule has 0 aromatic heterocycles. The highest BCUT2D eigenvalue weighted by molar-refractivity contribution is 9.10. The molecule has 3 aromatic rings. The number of hydrogen-bond acceptors (Lipinski definition) is 2. The van der Waals surface area contributed by atoms with Crippen molar-refractivity contribution in [2.45, 2.75) is 37.8 Å². The molecule has 5 rings (SSSR count). The van der Waals surface area contributed by atoms with Crippen molar-refractivity contribution in [3.8, 4) is 0 Å². The minimum atomic E-state index is 0.444. The van der Waals surface area contributed by atoms with E-state index < -0.39 is 0 Å². The minimum absolute atomic E-state index is 0.444. The molecule has 1 fully saturated rings. The van der Waals surface area contributed by atoms with Gasteiger partial charge in [0.2, 0.25) is 0 Å². The molecule has 0 bridgehead atoms. The number of anilines is 1. The molecule has 0 aliphatic carbocycles. The molecule has 0 radical (unpaired) electrons. The molecule has 132 valence electrons. The normalized spacial score (nSPS) is 24.2. The molecule has 2 N–H and O–H groups in total. The zero-order chi connectivity index (χ0) is 17.7. The van der Waals surface area contributed by atoms with Gasteiger partial charge in [-0.1, -0.05) is 54.6 Å². The van der Waals surface area contributed by atoms with Crippen LogP contribution >= 0.6 is 15.9 Å². The van der Waals surface area contributed by atoms with Gasteiger partial charge in [-0.3, -0.25) is 0 Å². The fourth-order valence-electron chi connectivity index (χ4n) is 4.79. The van der Waals surface area contributed by atoms with Gasteiger partial charge in [-0.15, -0.1) is 0 Å². The number of fused-ring (bicyclic) bond motifs is 4. The molecule has 2 heterocycles. The van der Waals surface area contributed by atoms with E-state index in [4.69, 9.17) is 0 Å². The van der Waals surface area contributed by atoms with E-state index in [9.17, 15) is 0 Å². The van der Waals surface area contributed by atoms with Crippen LogP contribution in [0.2, 0.25) is 0 Å². The lowest BCUT2D eigenvalue weighted by Crippen LogP contribution is -2.51. The van der Waals surface area contributed by atoms with Gasteiger partial charge in [0.25, 0.3) is 0 Å². The number of rotatable bonds is 2. The second-order valence-corrected chi connectivity index (χ2v) is 8.42. The highest BCUT2D eigenvalue weighted by Gasteiger charge is 2.40. The summed E-state index contributed by atoms with van der Waals surface area (Å²) in [6, 6.07) is 20.9. The van der Waals surface area contributed by atoms with Crippen LogP contribution in [0.4, 0.5) is 5.69 Å². The van der Waals surface area contributed by atoms with E-state index in [-0.39, 0.29) is 0 Å². The largest absolute Gasteiger partial charge is 0.379 e. The Morgan fingerprint density at radius 3 is 2.81 bits per heavy atom. The van der Waals surface area contributed by atoms with Gasteiger partial charge in [0, 0.05) is 22.5 Å². The summed E-state index contributed by atoms with van der Waals surface area (Å²) < 4.78 is 1.23. The van der Waals surface area contributed by atoms with Gasteiger partial charge in [-0.25, -0.2) is 0 Å². The highest BCUT2D eigenvalue weighted by Crippen LogP contribution is 2.45. The van der Waals surface area contributed by atoms with Gasteiger partial charge >= 0.3 is 0 Å². The van der Waals surface area contributed by atoms with Crippen molar-refractivity contribution in [3.63, 3.8) is 0 Å². The van der Waals surface area contributed by atoms with Crippen molar-refractivity contribution in [2.24, 2.45) is 0 Å². The molecule has 1 saturated heterocycles. The van der Waals surface area contributed by atoms with E-state index in [1.54, 1.807) is 0 Å². The summed E-state index contributed by atoms with van der Waals surface area (Å²) in [4.78, 5) is 0. The van der Waals surface area contributed by atoms with Crippen molar-refractivity contribution in [1.82, 2.24) is 5.32 Å². The highest BCUT2D eigenvalue weighted by atomic mass is 79.9. The summed E-state index contributed by atoms with van der Waals surface area (Å²) in [5.74, 6) is 0.600. The van der Waals surface area contributed by atoms with Crippen molar-refractivity contribution in [2.75, 3.05) is 11.9 Å². The van der Waals surface area contributed by atoms with Crippen LogP contribution in [0.15, 0.2) is 59.1 Å². The molecule has 3 aromatic carbocycles. The number of nitrogens with one attached hydrogen (secondary N) is 2. The first-order valence-corrected chi connectivity index (χ1v) is 10.3. The van der Waals surface area contributed by atoms with Gasteiger partial charge in [-0.05, 0) is 69.7 Å². The first-order chi connectivity index (χ1) is 12.7. The molecule has 26 heavy (non-hydrogen) atoms. The second kappa shape index (κ2) is 6.40. The standard InChI is InChI=1S/C23H23BrN2/c1-14-9-10-18-19-11-12-25-20(22(19)26-23(18)21(14)24)13-16-7-4-6-15-5-2-3-8-17(15)16/h2-10,19-20,22,25-26H,11-13H2,1H3. The van der Waals surface area contributed by atoms with Gasteiger partial charge in [0.15, 0.2) is 0 Å². The minimum Gasteiger partial charge on any atom is -0.379 e. The van der Waals surface area contributed by atoms with Gasteiger partial charge < -0.3 is 10.6 Å². The van der Waals surface area contributed by atoms with Crippen LogP contribution in [-0.2, 0) is 6.42 Å². The Morgan fingerprint density at radius 2 is 1.88 bits per heavy atom. The lowest BCUT2D eigenvalue weighted by Gasteiger charge is -2.35. The first-order valence-electron chi connectivity index (χ1n) is 9.48. The molecule has 0 saturated carbocycles. The molecule has 3 atom stereocenters. The lowest BCUT2D eigenvalue weighted by molar-refractivity contribution is 0.340. The predicted molar refractivity (Wildman–Crippen MR) is 113 cm³/mol. The Labute approximate surface area is 163 Å². The maximum absolute atomic E-state index is 3.85. The van der Waals surface area contributed by atoms with E-state index in [1.807, 2.05) is 0 Å². The van der Waals surface area contributed by atoms with Crippen LogP contribution in [0.25, 0.3) is 10.8 Å². The van der Waals surface area contributed by atoms with E-state index in [2.05, 4.69) is 88.1 Å². The zero-order valence-corrected chi connectivity index (χ0v) is 16.5. The average molecular weight is 407 g/mol. The van der Waals surface area contributed by atoms with Gasteiger partial charge in [0.1, 0.15) is 0 Å². The molecule has 0 amide bonds. The van der Waals surface area contributed by atoms with E-state index in [1.165, 1.54) is 44.0 Å². The number of benzene rings is 3. The van der Waals surface area contributed by atoms with Crippen molar-refractivity contribution in [3.05, 3.63) is 75.8 Å². The second-order valence-electron chi connectivity index (χ2n) is 7.63. The number of aryl methyl sites for hydroxylation is 1. The summed E-state index contributed by atoms with van der Waals surface area (Å²) >= 11 is 3.80. The molecule has 0 spiro atoms. The number of piperidine rings is 1. The van der Waals surface area contributed by atoms with Crippen LogP contribution in [0.3, 0.4) is 0 Å². The number of hydrogen-bond donors (Lipinski definition) is 2. The molecule has 2 aliphatic rings. The third-order valence-electron chi connectivity index (χ3n) is 6.13. The maximum Gasteiger partial charge on any atom is 0.0526 e. The maximum atomic E-state index is 3.85. The van der Waals surface area contributed by atoms with Crippen LogP contribution in [-0.4, -0.2) is 18.6 Å². The molecule has 2 nitrogen and oxygen atoms in total. The quantitative estimate of drug-likeness (QED) is 0.595. The first kappa shape index (κ1) is 16.3. The number of halogens is 1. The van der Waals surface area contributed by atoms with Crippen LogP contribution in [0.5, 0.6) is 0 Å². The van der Waals surface area contributed by atoms with E-state index in [0.29, 0.717) is 18.0 Å². The third kappa shape index (κ3) is 2.57. The summed E-state index contributed by atoms with van der Waals surface area (Å²) in [6.07, 6.45) is 2.26. The lowest BCUT2D eigenvalue weighted by atomic mass is 9.82. The monoisotopic (exact) mass is 406 g/mol. The fraction of sp³-hybridized carbons (Fsp3) is 0.304. The van der Waals surface area contributed by atoms with Gasteiger partial charge in [0.05, 0.1) is 5.69 Å². The van der Waals surface area contributed by atoms with Crippen LogP contribution in [0, 0.1) is 6.92 Å². The Morgan fingerprint density at radius 1 is 1.04 bits per heavy atom. The summed E-state index contributed by atoms with van der Waals surface area (Å²) in [5, 5.41) is 10.4. The molecule has 3 heteroatoms. The summed E-state index contributed by atoms with van der Waals surface area (Å²) in [6.45, 7) is 3.25. The molecule has 3 unspecified atom stereocenters. The summed E-state index contributed by atoms with van der Waals surface area (Å²) in [5.41, 5.74) is 5.53.